The van der Waals surface area contributed by atoms with Gasteiger partial charge in [0, 0.05) is 23.4 Å². The van der Waals surface area contributed by atoms with Crippen molar-refractivity contribution in [1.29, 1.82) is 0 Å². The molecule has 0 bridgehead atoms. The van der Waals surface area contributed by atoms with Crippen molar-refractivity contribution in [2.75, 3.05) is 13.9 Å². The van der Waals surface area contributed by atoms with E-state index in [0.29, 0.717) is 8.58 Å². The molecule has 0 spiro atoms. The van der Waals surface area contributed by atoms with Crippen molar-refractivity contribution in [2.24, 2.45) is 0 Å². The van der Waals surface area contributed by atoms with Crippen molar-refractivity contribution >= 4 is 13.9 Å². The molecular weight excluding hydrogens is 403 g/mol. The Labute approximate surface area is 191 Å². The van der Waals surface area contributed by atoms with Crippen LogP contribution in [0.2, 0.25) is 0 Å². The van der Waals surface area contributed by atoms with E-state index in [9.17, 15) is 5.11 Å². The van der Waals surface area contributed by atoms with Crippen LogP contribution in [0.1, 0.15) is 88.3 Å². The van der Waals surface area contributed by atoms with Crippen LogP contribution in [0.15, 0.2) is 30.3 Å². The first-order chi connectivity index (χ1) is 14.4. The minimum Gasteiger partial charge on any atom is -0.467 e. The number of methoxy groups -OCH3 is 1. The molecule has 2 rings (SSSR count). The van der Waals surface area contributed by atoms with E-state index in [2.05, 4.69) is 78.8 Å². The number of aliphatic hydroxyl groups excluding tert-OH is 1. The van der Waals surface area contributed by atoms with Crippen molar-refractivity contribution < 1.29 is 14.6 Å². The van der Waals surface area contributed by atoms with Gasteiger partial charge in [-0.2, -0.15) is 0 Å². The molecule has 4 heteroatoms. The van der Waals surface area contributed by atoms with Crippen molar-refractivity contribution in [3.8, 4) is 5.75 Å². The van der Waals surface area contributed by atoms with Crippen LogP contribution in [0.3, 0.4) is 0 Å². The first-order valence-corrected chi connectivity index (χ1v) is 12.3. The summed E-state index contributed by atoms with van der Waals surface area (Å²) in [5.41, 5.74) is 5.86. The zero-order valence-electron chi connectivity index (χ0n) is 20.8. The van der Waals surface area contributed by atoms with Gasteiger partial charge in [-0.25, -0.2) is 0 Å². The van der Waals surface area contributed by atoms with Gasteiger partial charge in [0.25, 0.3) is 0 Å². The van der Waals surface area contributed by atoms with E-state index in [0.717, 1.165) is 24.2 Å². The van der Waals surface area contributed by atoms with Gasteiger partial charge in [0.2, 0.25) is 0 Å². The number of benzene rings is 2. The molecule has 0 amide bonds. The highest BCUT2D eigenvalue weighted by Crippen LogP contribution is 2.51. The SMILES string of the molecule is CCCC(C)(Pc1ccc(C)cc1C(C)O)c1cc(C)cc(C(C)(C)C)c1OCOC. The molecule has 0 aromatic heterocycles. The monoisotopic (exact) mass is 444 g/mol. The zero-order valence-corrected chi connectivity index (χ0v) is 21.8. The second kappa shape index (κ2) is 10.5. The fourth-order valence-corrected chi connectivity index (χ4v) is 6.10. The number of ether oxygens (including phenoxy) is 2. The van der Waals surface area contributed by atoms with Crippen molar-refractivity contribution in [1.82, 2.24) is 0 Å². The van der Waals surface area contributed by atoms with Crippen LogP contribution in [-0.4, -0.2) is 19.0 Å². The summed E-state index contributed by atoms with van der Waals surface area (Å²) in [7, 11) is 2.18. The molecule has 0 saturated heterocycles. The minimum atomic E-state index is -0.486. The maximum absolute atomic E-state index is 10.5. The molecule has 0 aliphatic rings. The van der Waals surface area contributed by atoms with Crippen molar-refractivity contribution in [3.63, 3.8) is 0 Å². The highest BCUT2D eigenvalue weighted by Gasteiger charge is 2.34. The Balaban J connectivity index is 2.72. The largest absolute Gasteiger partial charge is 0.467 e. The van der Waals surface area contributed by atoms with Crippen LogP contribution in [-0.2, 0) is 15.3 Å². The minimum absolute atomic E-state index is 0.0469. The molecule has 0 saturated carbocycles. The average molecular weight is 445 g/mol. The van der Waals surface area contributed by atoms with E-state index in [1.807, 2.05) is 6.92 Å². The summed E-state index contributed by atoms with van der Waals surface area (Å²) in [6, 6.07) is 11.0. The molecule has 172 valence electrons. The van der Waals surface area contributed by atoms with Crippen LogP contribution in [0.25, 0.3) is 0 Å². The van der Waals surface area contributed by atoms with Gasteiger partial charge in [-0.1, -0.05) is 91.1 Å². The fraction of sp³-hybridized carbons (Fsp3) is 0.556. The maximum Gasteiger partial charge on any atom is 0.188 e. The molecule has 0 aliphatic heterocycles. The smallest absolute Gasteiger partial charge is 0.188 e. The molecule has 1 N–H and O–H groups in total. The third kappa shape index (κ3) is 6.31. The van der Waals surface area contributed by atoms with Crippen molar-refractivity contribution in [3.05, 3.63) is 58.1 Å². The summed E-state index contributed by atoms with van der Waals surface area (Å²) in [6.45, 7) is 17.6. The fourth-order valence-electron chi connectivity index (χ4n) is 4.22. The molecular formula is C27H41O3P. The molecule has 31 heavy (non-hydrogen) atoms. The molecule has 2 aromatic rings. The van der Waals surface area contributed by atoms with E-state index in [-0.39, 0.29) is 17.4 Å². The highest BCUT2D eigenvalue weighted by molar-refractivity contribution is 7.48. The topological polar surface area (TPSA) is 38.7 Å². The van der Waals surface area contributed by atoms with E-state index < -0.39 is 6.10 Å². The lowest BCUT2D eigenvalue weighted by Gasteiger charge is -2.36. The first-order valence-electron chi connectivity index (χ1n) is 11.3. The number of hydrogen-bond acceptors (Lipinski definition) is 3. The van der Waals surface area contributed by atoms with Crippen molar-refractivity contribution in [2.45, 2.75) is 84.9 Å². The maximum atomic E-state index is 10.5. The van der Waals surface area contributed by atoms with Crippen LogP contribution in [0.5, 0.6) is 5.75 Å². The molecule has 2 aromatic carbocycles. The van der Waals surface area contributed by atoms with Gasteiger partial charge in [0.05, 0.1) is 6.10 Å². The normalized spacial score (nSPS) is 15.3. The zero-order chi connectivity index (χ0) is 23.4. The van der Waals surface area contributed by atoms with E-state index in [1.54, 1.807) is 7.11 Å². The van der Waals surface area contributed by atoms with Crippen LogP contribution < -0.4 is 10.0 Å². The summed E-state index contributed by atoms with van der Waals surface area (Å²) in [5.74, 6) is 0.953. The summed E-state index contributed by atoms with van der Waals surface area (Å²) in [4.78, 5) is 0. The number of aliphatic hydroxyl groups is 1. The van der Waals surface area contributed by atoms with Gasteiger partial charge in [0.1, 0.15) is 5.75 Å². The van der Waals surface area contributed by atoms with Crippen LogP contribution >= 0.6 is 8.58 Å². The van der Waals surface area contributed by atoms with E-state index in [4.69, 9.17) is 9.47 Å². The van der Waals surface area contributed by atoms with Gasteiger partial charge in [-0.05, 0) is 43.5 Å². The second-order valence-corrected chi connectivity index (χ2v) is 11.9. The molecule has 0 aliphatic carbocycles. The lowest BCUT2D eigenvalue weighted by molar-refractivity contribution is 0.0486. The third-order valence-electron chi connectivity index (χ3n) is 5.77. The Morgan fingerprint density at radius 3 is 2.19 bits per heavy atom. The van der Waals surface area contributed by atoms with Gasteiger partial charge in [-0.15, -0.1) is 0 Å². The van der Waals surface area contributed by atoms with Crippen LogP contribution in [0, 0.1) is 13.8 Å². The quantitative estimate of drug-likeness (QED) is 0.347. The lowest BCUT2D eigenvalue weighted by atomic mass is 9.81. The first kappa shape index (κ1) is 25.8. The van der Waals surface area contributed by atoms with Gasteiger partial charge in [-0.3, -0.25) is 0 Å². The molecule has 0 radical (unpaired) electrons. The second-order valence-electron chi connectivity index (χ2n) is 9.96. The van der Waals surface area contributed by atoms with E-state index >= 15 is 0 Å². The Morgan fingerprint density at radius 2 is 1.65 bits per heavy atom. The number of aryl methyl sites for hydroxylation is 2. The summed E-state index contributed by atoms with van der Waals surface area (Å²) in [5, 5.41) is 11.6. The average Bonchev–Trinajstić information content (AvgIpc) is 2.67. The standard InChI is InChI=1S/C27H41O3P/c1-10-13-27(8,31-24-12-11-18(2)14-21(24)20(4)28)23-16-19(3)15-22(26(5,6)7)25(23)30-17-29-9/h11-12,14-16,20,28,31H,10,13,17H2,1-9H3. The number of rotatable bonds is 9. The summed E-state index contributed by atoms with van der Waals surface area (Å²) < 4.78 is 11.6. The van der Waals surface area contributed by atoms with Gasteiger partial charge in [0.15, 0.2) is 6.79 Å². The van der Waals surface area contributed by atoms with E-state index in [1.165, 1.54) is 27.6 Å². The Morgan fingerprint density at radius 1 is 1.00 bits per heavy atom. The molecule has 0 fully saturated rings. The molecule has 3 unspecified atom stereocenters. The van der Waals surface area contributed by atoms with Gasteiger partial charge >= 0.3 is 0 Å². The highest BCUT2D eigenvalue weighted by atomic mass is 31.1. The predicted molar refractivity (Wildman–Crippen MR) is 134 cm³/mol. The van der Waals surface area contributed by atoms with Crippen LogP contribution in [0.4, 0.5) is 0 Å². The molecule has 3 nitrogen and oxygen atoms in total. The predicted octanol–water partition coefficient (Wildman–Crippen LogP) is 6.66. The van der Waals surface area contributed by atoms with Gasteiger partial charge < -0.3 is 14.6 Å². The summed E-state index contributed by atoms with van der Waals surface area (Å²) >= 11 is 0. The Kier molecular flexibility index (Phi) is 8.73. The lowest BCUT2D eigenvalue weighted by Crippen LogP contribution is -2.25. The number of hydrogen-bond donors (Lipinski definition) is 1. The Bertz CT molecular complexity index is 883. The molecule has 0 heterocycles. The Hall–Kier alpha value is -1.41. The summed E-state index contributed by atoms with van der Waals surface area (Å²) in [6.07, 6.45) is 1.62. The third-order valence-corrected chi connectivity index (χ3v) is 7.57. The molecule has 3 atom stereocenters.